The van der Waals surface area contributed by atoms with E-state index < -0.39 is 0 Å². The van der Waals surface area contributed by atoms with E-state index in [1.54, 1.807) is 42.5 Å². The Kier molecular flexibility index (Phi) is 3.16. The highest BCUT2D eigenvalue weighted by Gasteiger charge is 2.27. The van der Waals surface area contributed by atoms with Gasteiger partial charge in [0.1, 0.15) is 5.75 Å². The monoisotopic (exact) mass is 305 g/mol. The summed E-state index contributed by atoms with van der Waals surface area (Å²) >= 11 is 12.0. The number of carbonyl (C=O) groups excluding carboxylic acids is 1. The zero-order valence-corrected chi connectivity index (χ0v) is 11.7. The standard InChI is InChI=1S/C15H9Cl2NO2/c16-12-6-5-10-11(15(20)18-14(10)13(12)17)7-8-1-3-9(19)4-2-8/h1-7,19H,(H,18,20)/b11-7-. The molecule has 1 aliphatic rings. The molecule has 0 unspecified atom stereocenters. The molecule has 0 bridgehead atoms. The first-order chi connectivity index (χ1) is 9.56. The van der Waals surface area contributed by atoms with Gasteiger partial charge in [-0.15, -0.1) is 0 Å². The van der Waals surface area contributed by atoms with Crippen molar-refractivity contribution in [2.75, 3.05) is 5.32 Å². The van der Waals surface area contributed by atoms with Crippen molar-refractivity contribution in [1.29, 1.82) is 0 Å². The maximum atomic E-state index is 12.0. The number of phenols is 1. The van der Waals surface area contributed by atoms with Crippen molar-refractivity contribution >= 4 is 46.4 Å². The van der Waals surface area contributed by atoms with Crippen LogP contribution in [0.5, 0.6) is 5.75 Å². The fraction of sp³-hybridized carbons (Fsp3) is 0. The summed E-state index contributed by atoms with van der Waals surface area (Å²) in [6.07, 6.45) is 1.74. The van der Waals surface area contributed by atoms with Gasteiger partial charge in [0.15, 0.2) is 0 Å². The van der Waals surface area contributed by atoms with E-state index in [1.807, 2.05) is 0 Å². The highest BCUT2D eigenvalue weighted by molar-refractivity contribution is 6.47. The second kappa shape index (κ2) is 4.85. The first kappa shape index (κ1) is 13.0. The lowest BCUT2D eigenvalue weighted by Crippen LogP contribution is -2.03. The van der Waals surface area contributed by atoms with Crippen LogP contribution in [0, 0.1) is 0 Å². The average Bonchev–Trinajstić information content (AvgIpc) is 2.74. The Hall–Kier alpha value is -1.97. The lowest BCUT2D eigenvalue weighted by molar-refractivity contribution is -0.110. The smallest absolute Gasteiger partial charge is 0.256 e. The number of hydrogen-bond donors (Lipinski definition) is 2. The van der Waals surface area contributed by atoms with Crippen LogP contribution < -0.4 is 5.32 Å². The molecule has 0 radical (unpaired) electrons. The summed E-state index contributed by atoms with van der Waals surface area (Å²) in [5.74, 6) is -0.0458. The topological polar surface area (TPSA) is 49.3 Å². The number of hydrogen-bond acceptors (Lipinski definition) is 2. The molecule has 5 heteroatoms. The van der Waals surface area contributed by atoms with Gasteiger partial charge in [-0.25, -0.2) is 0 Å². The largest absolute Gasteiger partial charge is 0.508 e. The van der Waals surface area contributed by atoms with Crippen LogP contribution in [0.25, 0.3) is 11.6 Å². The summed E-state index contributed by atoms with van der Waals surface area (Å²) in [4.78, 5) is 12.0. The first-order valence-corrected chi connectivity index (χ1v) is 6.62. The molecule has 1 aliphatic heterocycles. The fourth-order valence-corrected chi connectivity index (χ4v) is 2.45. The van der Waals surface area contributed by atoms with Crippen molar-refractivity contribution in [3.8, 4) is 5.75 Å². The molecule has 2 aromatic rings. The van der Waals surface area contributed by atoms with E-state index in [4.69, 9.17) is 23.2 Å². The summed E-state index contributed by atoms with van der Waals surface area (Å²) in [6.45, 7) is 0. The van der Waals surface area contributed by atoms with Crippen molar-refractivity contribution in [2.24, 2.45) is 0 Å². The summed E-state index contributed by atoms with van der Waals surface area (Å²) in [6, 6.07) is 10.0. The van der Waals surface area contributed by atoms with Gasteiger partial charge in [-0.1, -0.05) is 41.4 Å². The maximum absolute atomic E-state index is 12.0. The van der Waals surface area contributed by atoms with E-state index in [-0.39, 0.29) is 11.7 Å². The van der Waals surface area contributed by atoms with E-state index in [0.29, 0.717) is 21.3 Å². The molecule has 0 saturated heterocycles. The number of amides is 1. The minimum Gasteiger partial charge on any atom is -0.508 e. The number of halogens is 2. The Morgan fingerprint density at radius 2 is 1.75 bits per heavy atom. The summed E-state index contributed by atoms with van der Waals surface area (Å²) < 4.78 is 0. The lowest BCUT2D eigenvalue weighted by atomic mass is 10.0. The van der Waals surface area contributed by atoms with Gasteiger partial charge in [0.05, 0.1) is 15.7 Å². The van der Waals surface area contributed by atoms with Crippen LogP contribution in [0.4, 0.5) is 5.69 Å². The summed E-state index contributed by atoms with van der Waals surface area (Å²) in [7, 11) is 0. The van der Waals surface area contributed by atoms with Crippen LogP contribution in [0.3, 0.4) is 0 Å². The molecule has 1 amide bonds. The Morgan fingerprint density at radius 1 is 1.05 bits per heavy atom. The van der Waals surface area contributed by atoms with Crippen LogP contribution in [0.15, 0.2) is 36.4 Å². The summed E-state index contributed by atoms with van der Waals surface area (Å²) in [5.41, 5.74) is 2.59. The first-order valence-electron chi connectivity index (χ1n) is 5.87. The van der Waals surface area contributed by atoms with Gasteiger partial charge >= 0.3 is 0 Å². The van der Waals surface area contributed by atoms with Gasteiger partial charge in [0, 0.05) is 11.1 Å². The van der Waals surface area contributed by atoms with Crippen LogP contribution >= 0.6 is 23.2 Å². The van der Waals surface area contributed by atoms with Gasteiger partial charge < -0.3 is 10.4 Å². The predicted molar refractivity (Wildman–Crippen MR) is 81.1 cm³/mol. The molecule has 3 rings (SSSR count). The molecular formula is C15H9Cl2NO2. The highest BCUT2D eigenvalue weighted by Crippen LogP contribution is 2.41. The molecule has 0 aromatic heterocycles. The molecule has 0 aliphatic carbocycles. The van der Waals surface area contributed by atoms with E-state index >= 15 is 0 Å². The van der Waals surface area contributed by atoms with Crippen molar-refractivity contribution < 1.29 is 9.90 Å². The summed E-state index contributed by atoms with van der Waals surface area (Å²) in [5, 5.41) is 12.7. The number of rotatable bonds is 1. The third kappa shape index (κ3) is 2.15. The Labute approximate surface area is 125 Å². The number of nitrogens with one attached hydrogen (secondary N) is 1. The second-order valence-corrected chi connectivity index (χ2v) is 5.17. The van der Waals surface area contributed by atoms with Gasteiger partial charge in [0.2, 0.25) is 0 Å². The zero-order chi connectivity index (χ0) is 14.3. The number of phenolic OH excluding ortho intramolecular Hbond substituents is 1. The SMILES string of the molecule is O=C1Nc2c(ccc(Cl)c2Cl)/C1=C/c1ccc(O)cc1. The van der Waals surface area contributed by atoms with Crippen molar-refractivity contribution in [1.82, 2.24) is 0 Å². The van der Waals surface area contributed by atoms with Crippen LogP contribution in [0.1, 0.15) is 11.1 Å². The van der Waals surface area contributed by atoms with Crippen LogP contribution in [0.2, 0.25) is 10.0 Å². The van der Waals surface area contributed by atoms with Crippen LogP contribution in [-0.2, 0) is 4.79 Å². The molecule has 2 N–H and O–H groups in total. The fourth-order valence-electron chi connectivity index (χ4n) is 2.08. The Morgan fingerprint density at radius 3 is 2.45 bits per heavy atom. The van der Waals surface area contributed by atoms with E-state index in [1.165, 1.54) is 0 Å². The van der Waals surface area contributed by atoms with Gasteiger partial charge in [0.25, 0.3) is 5.91 Å². The minimum absolute atomic E-state index is 0.179. The lowest BCUT2D eigenvalue weighted by Gasteiger charge is -2.02. The number of benzene rings is 2. The molecule has 2 aromatic carbocycles. The third-order valence-corrected chi connectivity index (χ3v) is 3.88. The van der Waals surface area contributed by atoms with Gasteiger partial charge in [-0.05, 0) is 29.8 Å². The molecule has 3 nitrogen and oxygen atoms in total. The zero-order valence-electron chi connectivity index (χ0n) is 10.2. The molecule has 100 valence electrons. The van der Waals surface area contributed by atoms with Crippen molar-refractivity contribution in [3.05, 3.63) is 57.6 Å². The number of carbonyl (C=O) groups is 1. The predicted octanol–water partition coefficient (Wildman–Crippen LogP) is 4.19. The molecule has 0 fully saturated rings. The molecule has 0 atom stereocenters. The molecule has 1 heterocycles. The van der Waals surface area contributed by atoms with Crippen molar-refractivity contribution in [2.45, 2.75) is 0 Å². The third-order valence-electron chi connectivity index (χ3n) is 3.07. The number of anilines is 1. The Bertz CT molecular complexity index is 736. The maximum Gasteiger partial charge on any atom is 0.256 e. The quantitative estimate of drug-likeness (QED) is 0.776. The molecular weight excluding hydrogens is 297 g/mol. The van der Waals surface area contributed by atoms with E-state index in [0.717, 1.165) is 11.1 Å². The minimum atomic E-state index is -0.225. The normalized spacial score (nSPS) is 15.3. The molecule has 20 heavy (non-hydrogen) atoms. The van der Waals surface area contributed by atoms with Gasteiger partial charge in [-0.2, -0.15) is 0 Å². The van der Waals surface area contributed by atoms with Crippen LogP contribution in [-0.4, -0.2) is 11.0 Å². The molecule has 0 saturated carbocycles. The molecule has 0 spiro atoms. The van der Waals surface area contributed by atoms with Crippen molar-refractivity contribution in [3.63, 3.8) is 0 Å². The number of aromatic hydroxyl groups is 1. The number of fused-ring (bicyclic) bond motifs is 1. The van der Waals surface area contributed by atoms with E-state index in [9.17, 15) is 9.90 Å². The average molecular weight is 306 g/mol. The second-order valence-electron chi connectivity index (χ2n) is 4.39. The van der Waals surface area contributed by atoms with E-state index in [2.05, 4.69) is 5.32 Å². The highest BCUT2D eigenvalue weighted by atomic mass is 35.5. The Balaban J connectivity index is 2.11. The van der Waals surface area contributed by atoms with Gasteiger partial charge in [-0.3, -0.25) is 4.79 Å².